The fourth-order valence-corrected chi connectivity index (χ4v) is 4.65. The molecular formula is C31H47N3O. The van der Waals surface area contributed by atoms with Crippen LogP contribution < -0.4 is 5.32 Å². The quantitative estimate of drug-likeness (QED) is 0.476. The van der Waals surface area contributed by atoms with E-state index in [-0.39, 0.29) is 11.9 Å². The molecule has 2 aromatic carbocycles. The van der Waals surface area contributed by atoms with E-state index in [1.54, 1.807) is 0 Å². The third kappa shape index (κ3) is 9.18. The molecule has 2 heterocycles. The highest BCUT2D eigenvalue weighted by molar-refractivity contribution is 5.79. The summed E-state index contributed by atoms with van der Waals surface area (Å²) in [5.41, 5.74) is 4.62. The Balaban J connectivity index is 0.000000463. The zero-order valence-electron chi connectivity index (χ0n) is 22.7. The van der Waals surface area contributed by atoms with E-state index < -0.39 is 0 Å². The fourth-order valence-electron chi connectivity index (χ4n) is 4.65. The number of nitrogens with one attached hydrogen (secondary N) is 1. The summed E-state index contributed by atoms with van der Waals surface area (Å²) in [6.45, 7) is 18.4. The average Bonchev–Trinajstić information content (AvgIpc) is 3.39. The smallest absolute Gasteiger partial charge is 0.237 e. The van der Waals surface area contributed by atoms with Crippen molar-refractivity contribution in [3.05, 3.63) is 78.0 Å². The van der Waals surface area contributed by atoms with Gasteiger partial charge in [-0.05, 0) is 68.8 Å². The second kappa shape index (κ2) is 15.4. The molecule has 0 radical (unpaired) electrons. The average molecular weight is 478 g/mol. The van der Waals surface area contributed by atoms with E-state index in [2.05, 4.69) is 55.8 Å². The summed E-state index contributed by atoms with van der Waals surface area (Å²) in [6.07, 6.45) is 5.79. The van der Waals surface area contributed by atoms with Crippen LogP contribution in [0, 0.1) is 6.92 Å². The van der Waals surface area contributed by atoms with E-state index in [0.717, 1.165) is 43.9 Å². The summed E-state index contributed by atoms with van der Waals surface area (Å²) in [5, 5.41) is 3.50. The Morgan fingerprint density at radius 3 is 2.11 bits per heavy atom. The maximum absolute atomic E-state index is 12.9. The first-order valence-corrected chi connectivity index (χ1v) is 13.5. The van der Waals surface area contributed by atoms with Crippen molar-refractivity contribution in [1.82, 2.24) is 9.80 Å². The summed E-state index contributed by atoms with van der Waals surface area (Å²) >= 11 is 0. The second-order valence-electron chi connectivity index (χ2n) is 9.62. The lowest BCUT2D eigenvalue weighted by Crippen LogP contribution is -2.45. The Morgan fingerprint density at radius 1 is 0.971 bits per heavy atom. The van der Waals surface area contributed by atoms with Crippen molar-refractivity contribution in [2.75, 3.05) is 31.5 Å². The molecule has 2 aromatic rings. The zero-order chi connectivity index (χ0) is 25.6. The lowest BCUT2D eigenvalue weighted by molar-refractivity contribution is -0.132. The van der Waals surface area contributed by atoms with Crippen LogP contribution in [0.25, 0.3) is 0 Å². The van der Waals surface area contributed by atoms with Crippen molar-refractivity contribution in [1.29, 1.82) is 0 Å². The Labute approximate surface area is 214 Å². The van der Waals surface area contributed by atoms with Gasteiger partial charge in [0, 0.05) is 17.9 Å². The molecule has 4 nitrogen and oxygen atoms in total. The van der Waals surface area contributed by atoms with Gasteiger partial charge < -0.3 is 10.2 Å². The predicted octanol–water partition coefficient (Wildman–Crippen LogP) is 7.23. The Hall–Kier alpha value is -2.59. The normalized spacial score (nSPS) is 17.7. The number of hydrogen-bond donors (Lipinski definition) is 1. The molecule has 0 unspecified atom stereocenters. The van der Waals surface area contributed by atoms with Gasteiger partial charge in [0.1, 0.15) is 0 Å². The lowest BCUT2D eigenvalue weighted by Gasteiger charge is -2.31. The summed E-state index contributed by atoms with van der Waals surface area (Å²) in [4.78, 5) is 17.2. The van der Waals surface area contributed by atoms with Crippen LogP contribution in [0.4, 0.5) is 5.69 Å². The van der Waals surface area contributed by atoms with Gasteiger partial charge in [-0.1, -0.05) is 89.2 Å². The molecule has 2 fully saturated rings. The van der Waals surface area contributed by atoms with E-state index in [4.69, 9.17) is 0 Å². The van der Waals surface area contributed by atoms with Crippen LogP contribution in [0.5, 0.6) is 0 Å². The number of carbonyl (C=O) groups is 1. The number of hydrogen-bond acceptors (Lipinski definition) is 3. The third-order valence-corrected chi connectivity index (χ3v) is 6.66. The minimum Gasteiger partial charge on any atom is -0.357 e. The van der Waals surface area contributed by atoms with E-state index in [1.165, 1.54) is 30.4 Å². The number of nitrogens with zero attached hydrogens (tertiary/aromatic N) is 2. The van der Waals surface area contributed by atoms with E-state index >= 15 is 0 Å². The maximum atomic E-state index is 12.9. The van der Waals surface area contributed by atoms with Crippen molar-refractivity contribution in [3.63, 3.8) is 0 Å². The minimum atomic E-state index is 0.103. The molecular weight excluding hydrogens is 430 g/mol. The molecule has 4 heteroatoms. The van der Waals surface area contributed by atoms with E-state index in [1.807, 2.05) is 55.1 Å². The number of anilines is 1. The molecule has 1 N–H and O–H groups in total. The first-order chi connectivity index (χ1) is 17.0. The van der Waals surface area contributed by atoms with Gasteiger partial charge in [0.2, 0.25) is 5.91 Å². The van der Waals surface area contributed by atoms with Crippen LogP contribution >= 0.6 is 0 Å². The van der Waals surface area contributed by atoms with Crippen LogP contribution in [0.3, 0.4) is 0 Å². The molecule has 2 aliphatic rings. The molecule has 1 atom stereocenters. The molecule has 0 aromatic heterocycles. The molecule has 2 aliphatic heterocycles. The van der Waals surface area contributed by atoms with Crippen molar-refractivity contribution in [2.24, 2.45) is 0 Å². The highest BCUT2D eigenvalue weighted by Crippen LogP contribution is 2.27. The van der Waals surface area contributed by atoms with E-state index in [0.29, 0.717) is 12.5 Å². The van der Waals surface area contributed by atoms with Crippen LogP contribution in [0.1, 0.15) is 76.8 Å². The maximum Gasteiger partial charge on any atom is 0.237 e. The molecule has 1 amide bonds. The predicted molar refractivity (Wildman–Crippen MR) is 151 cm³/mol. The van der Waals surface area contributed by atoms with Crippen molar-refractivity contribution in [3.8, 4) is 0 Å². The van der Waals surface area contributed by atoms with Crippen molar-refractivity contribution < 1.29 is 4.79 Å². The van der Waals surface area contributed by atoms with Gasteiger partial charge in [0.25, 0.3) is 0 Å². The van der Waals surface area contributed by atoms with Crippen molar-refractivity contribution in [2.45, 2.75) is 78.7 Å². The second-order valence-corrected chi connectivity index (χ2v) is 9.62. The first-order valence-electron chi connectivity index (χ1n) is 13.5. The SMILES string of the molecule is C=C(Nc1ccc(C(C)C)cc1C)[C@@H]1CCCN1C(=O)CN1CCCCC1.CC.c1ccccc1. The summed E-state index contributed by atoms with van der Waals surface area (Å²) in [7, 11) is 0. The van der Waals surface area contributed by atoms with Crippen LogP contribution in [0.15, 0.2) is 66.9 Å². The largest absolute Gasteiger partial charge is 0.357 e. The van der Waals surface area contributed by atoms with Crippen LogP contribution in [0.2, 0.25) is 0 Å². The number of amides is 1. The fraction of sp³-hybridized carbons (Fsp3) is 0.516. The minimum absolute atomic E-state index is 0.103. The summed E-state index contributed by atoms with van der Waals surface area (Å²) in [5.74, 6) is 0.785. The van der Waals surface area contributed by atoms with Gasteiger partial charge in [-0.3, -0.25) is 9.69 Å². The number of aryl methyl sites for hydroxylation is 1. The molecule has 0 saturated carbocycles. The highest BCUT2D eigenvalue weighted by Gasteiger charge is 2.31. The highest BCUT2D eigenvalue weighted by atomic mass is 16.2. The number of benzene rings is 2. The zero-order valence-corrected chi connectivity index (χ0v) is 22.7. The number of likely N-dealkylation sites (tertiary alicyclic amines) is 2. The standard InChI is InChI=1S/C23H35N3O.C6H6.C2H6/c1-17(2)20-10-11-21(18(3)15-20)24-19(4)22-9-8-14-26(22)23(27)16-25-12-6-5-7-13-25;1-2-4-6-5-3-1;1-2/h10-11,15,17,22,24H,4-9,12-14,16H2,1-3H3;1-6H;1-2H3/t22-;;/m0../s1. The van der Waals surface area contributed by atoms with Crippen molar-refractivity contribution >= 4 is 11.6 Å². The molecule has 0 aliphatic carbocycles. The van der Waals surface area contributed by atoms with Gasteiger partial charge >= 0.3 is 0 Å². The third-order valence-electron chi connectivity index (χ3n) is 6.66. The summed E-state index contributed by atoms with van der Waals surface area (Å²) < 4.78 is 0. The molecule has 0 bridgehead atoms. The number of carbonyl (C=O) groups excluding carboxylic acids is 1. The number of rotatable bonds is 6. The molecule has 2 saturated heterocycles. The van der Waals surface area contributed by atoms with E-state index in [9.17, 15) is 4.79 Å². The molecule has 4 rings (SSSR count). The van der Waals surface area contributed by atoms with Gasteiger partial charge in [-0.15, -0.1) is 0 Å². The molecule has 35 heavy (non-hydrogen) atoms. The Kier molecular flexibility index (Phi) is 12.6. The van der Waals surface area contributed by atoms with Gasteiger partial charge in [-0.25, -0.2) is 0 Å². The summed E-state index contributed by atoms with van der Waals surface area (Å²) in [6, 6.07) is 18.7. The van der Waals surface area contributed by atoms with Gasteiger partial charge in [-0.2, -0.15) is 0 Å². The molecule has 0 spiro atoms. The van der Waals surface area contributed by atoms with Gasteiger partial charge in [0.05, 0.1) is 12.6 Å². The van der Waals surface area contributed by atoms with Crippen LogP contribution in [-0.2, 0) is 4.79 Å². The molecule has 192 valence electrons. The monoisotopic (exact) mass is 477 g/mol. The number of piperidine rings is 1. The topological polar surface area (TPSA) is 35.6 Å². The van der Waals surface area contributed by atoms with Crippen LogP contribution in [-0.4, -0.2) is 47.9 Å². The Morgan fingerprint density at radius 2 is 1.57 bits per heavy atom. The Bertz CT molecular complexity index is 861. The van der Waals surface area contributed by atoms with Gasteiger partial charge in [0.15, 0.2) is 0 Å². The lowest BCUT2D eigenvalue weighted by atomic mass is 10.00. The first kappa shape index (κ1) is 28.6.